The van der Waals surface area contributed by atoms with Gasteiger partial charge in [0.1, 0.15) is 0 Å². The lowest BCUT2D eigenvalue weighted by Gasteiger charge is -2.26. The van der Waals surface area contributed by atoms with E-state index >= 15 is 0 Å². The van der Waals surface area contributed by atoms with E-state index in [-0.39, 0.29) is 0 Å². The van der Waals surface area contributed by atoms with Crippen LogP contribution in [0.25, 0.3) is 0 Å². The molecule has 2 nitrogen and oxygen atoms in total. The van der Waals surface area contributed by atoms with Crippen molar-refractivity contribution in [3.8, 4) is 0 Å². The Hall–Kier alpha value is 0.137. The number of unbranched alkanes of at least 4 members (excludes halogenated alkanes) is 11. The molecule has 0 aromatic carbocycles. The maximum Gasteiger partial charge on any atom is 0.331 e. The molecule has 0 amide bonds. The molecule has 0 aromatic rings. The van der Waals surface area contributed by atoms with Gasteiger partial charge in [-0.15, -0.1) is 0 Å². The average Bonchev–Trinajstić information content (AvgIpc) is 2.51. The maximum absolute atomic E-state index is 6.10. The quantitative estimate of drug-likeness (QED) is 0.185. The highest BCUT2D eigenvalue weighted by molar-refractivity contribution is 6.64. The van der Waals surface area contributed by atoms with Crippen LogP contribution in [0.1, 0.15) is 111 Å². The van der Waals surface area contributed by atoms with Crippen molar-refractivity contribution in [1.29, 1.82) is 0 Å². The first-order chi connectivity index (χ1) is 11.5. The lowest BCUT2D eigenvalue weighted by Crippen LogP contribution is -2.38. The summed E-state index contributed by atoms with van der Waals surface area (Å²) in [6, 6.07) is 0. The molecule has 1 atom stereocenters. The van der Waals surface area contributed by atoms with Gasteiger partial charge in [0.05, 0.1) is 0 Å². The first-order valence-corrected chi connectivity index (χ1v) is 13.6. The molecule has 0 saturated heterocycles. The summed E-state index contributed by atoms with van der Waals surface area (Å²) in [7, 11) is -1.90. The van der Waals surface area contributed by atoms with E-state index in [1.54, 1.807) is 0 Å². The molecule has 0 aliphatic heterocycles. The largest absolute Gasteiger partial charge is 0.395 e. The minimum Gasteiger partial charge on any atom is -0.395 e. The molecule has 146 valence electrons. The van der Waals surface area contributed by atoms with Gasteiger partial charge >= 0.3 is 8.56 Å². The second-order valence-corrected chi connectivity index (χ2v) is 11.2. The molecule has 0 saturated carbocycles. The van der Waals surface area contributed by atoms with Crippen LogP contribution in [-0.2, 0) is 8.85 Å². The molecular formula is C21H46O2Si. The fourth-order valence-electron chi connectivity index (χ4n) is 3.24. The van der Waals surface area contributed by atoms with Gasteiger partial charge < -0.3 is 8.85 Å². The van der Waals surface area contributed by atoms with Crippen molar-refractivity contribution in [2.45, 2.75) is 130 Å². The average molecular weight is 359 g/mol. The Balaban J connectivity index is 3.32. The van der Waals surface area contributed by atoms with Crippen LogP contribution in [-0.4, -0.2) is 21.3 Å². The predicted molar refractivity (Wildman–Crippen MR) is 110 cm³/mol. The number of hydrogen-bond acceptors (Lipinski definition) is 2. The van der Waals surface area contributed by atoms with Gasteiger partial charge in [-0.25, -0.2) is 0 Å². The van der Waals surface area contributed by atoms with Gasteiger partial charge in [-0.3, -0.25) is 0 Å². The van der Waals surface area contributed by atoms with E-state index in [0.717, 1.165) is 13.0 Å². The van der Waals surface area contributed by atoms with E-state index in [0.29, 0.717) is 6.10 Å². The van der Waals surface area contributed by atoms with Crippen LogP contribution in [0.5, 0.6) is 0 Å². The second kappa shape index (κ2) is 16.6. The van der Waals surface area contributed by atoms with Crippen LogP contribution in [0.4, 0.5) is 0 Å². The highest BCUT2D eigenvalue weighted by atomic mass is 28.4. The Morgan fingerprint density at radius 2 is 1.12 bits per heavy atom. The number of rotatable bonds is 18. The highest BCUT2D eigenvalue weighted by Crippen LogP contribution is 2.15. The predicted octanol–water partition coefficient (Wildman–Crippen LogP) is 7.61. The van der Waals surface area contributed by atoms with Crippen molar-refractivity contribution >= 4 is 8.56 Å². The van der Waals surface area contributed by atoms with Gasteiger partial charge in [0.25, 0.3) is 0 Å². The zero-order chi connectivity index (χ0) is 18.1. The monoisotopic (exact) mass is 358 g/mol. The molecule has 0 radical (unpaired) electrons. The Kier molecular flexibility index (Phi) is 16.7. The molecule has 0 aliphatic rings. The molecule has 0 spiro atoms. The Labute approximate surface area is 154 Å². The Bertz CT molecular complexity index is 256. The van der Waals surface area contributed by atoms with Crippen molar-refractivity contribution < 1.29 is 8.85 Å². The van der Waals surface area contributed by atoms with Crippen LogP contribution < -0.4 is 0 Å². The molecule has 0 aromatic heterocycles. The zero-order valence-corrected chi connectivity index (χ0v) is 18.5. The molecule has 0 N–H and O–H groups in total. The van der Waals surface area contributed by atoms with E-state index < -0.39 is 8.56 Å². The SMILES string of the molecule is CCCCCCCCCCCCCCO[Si](C)(C)OC(C)CCC. The van der Waals surface area contributed by atoms with Crippen LogP contribution in [0.2, 0.25) is 13.1 Å². The molecule has 3 heteroatoms. The van der Waals surface area contributed by atoms with Crippen LogP contribution in [0.15, 0.2) is 0 Å². The van der Waals surface area contributed by atoms with Crippen LogP contribution in [0, 0.1) is 0 Å². The van der Waals surface area contributed by atoms with Crippen molar-refractivity contribution in [2.75, 3.05) is 6.61 Å². The van der Waals surface area contributed by atoms with Crippen molar-refractivity contribution in [3.63, 3.8) is 0 Å². The van der Waals surface area contributed by atoms with Crippen LogP contribution in [0.3, 0.4) is 0 Å². The third-order valence-corrected chi connectivity index (χ3v) is 6.50. The van der Waals surface area contributed by atoms with Gasteiger partial charge in [-0.2, -0.15) is 0 Å². The topological polar surface area (TPSA) is 18.5 Å². The smallest absolute Gasteiger partial charge is 0.331 e. The van der Waals surface area contributed by atoms with Gasteiger partial charge in [0, 0.05) is 12.7 Å². The molecule has 0 fully saturated rings. The lowest BCUT2D eigenvalue weighted by atomic mass is 10.1. The van der Waals surface area contributed by atoms with Crippen LogP contribution >= 0.6 is 0 Å². The van der Waals surface area contributed by atoms with Gasteiger partial charge in [-0.1, -0.05) is 90.9 Å². The summed E-state index contributed by atoms with van der Waals surface area (Å²) in [4.78, 5) is 0. The molecule has 0 rings (SSSR count). The third-order valence-electron chi connectivity index (χ3n) is 4.63. The van der Waals surface area contributed by atoms with Gasteiger partial charge in [-0.05, 0) is 32.9 Å². The Morgan fingerprint density at radius 3 is 1.58 bits per heavy atom. The summed E-state index contributed by atoms with van der Waals surface area (Å²) in [5.74, 6) is 0. The highest BCUT2D eigenvalue weighted by Gasteiger charge is 2.26. The fraction of sp³-hybridized carbons (Fsp3) is 1.00. The van der Waals surface area contributed by atoms with Crippen molar-refractivity contribution in [2.24, 2.45) is 0 Å². The van der Waals surface area contributed by atoms with E-state index in [2.05, 4.69) is 33.9 Å². The van der Waals surface area contributed by atoms with Crippen molar-refractivity contribution in [3.05, 3.63) is 0 Å². The minimum atomic E-state index is -1.90. The summed E-state index contributed by atoms with van der Waals surface area (Å²) in [5.41, 5.74) is 0. The Morgan fingerprint density at radius 1 is 0.667 bits per heavy atom. The standard InChI is InChI=1S/C21H46O2Si/c1-6-8-9-10-11-12-13-14-15-16-17-18-20-22-24(4,5)23-21(3)19-7-2/h21H,6-20H2,1-5H3. The van der Waals surface area contributed by atoms with E-state index in [1.807, 2.05) is 0 Å². The van der Waals surface area contributed by atoms with Gasteiger partial charge in [0.15, 0.2) is 0 Å². The fourth-order valence-corrected chi connectivity index (χ4v) is 5.04. The van der Waals surface area contributed by atoms with E-state index in [9.17, 15) is 0 Å². The molecule has 1 unspecified atom stereocenters. The first kappa shape index (κ1) is 24.1. The lowest BCUT2D eigenvalue weighted by molar-refractivity contribution is 0.123. The summed E-state index contributed by atoms with van der Waals surface area (Å²) < 4.78 is 12.2. The number of hydrogen-bond donors (Lipinski definition) is 0. The normalized spacial score (nSPS) is 13.4. The van der Waals surface area contributed by atoms with E-state index in [4.69, 9.17) is 8.85 Å². The summed E-state index contributed by atoms with van der Waals surface area (Å²) in [6.07, 6.45) is 19.4. The second-order valence-electron chi connectivity index (χ2n) is 7.85. The molecule has 0 heterocycles. The third kappa shape index (κ3) is 17.0. The molecule has 0 aliphatic carbocycles. The molecule has 24 heavy (non-hydrogen) atoms. The summed E-state index contributed by atoms with van der Waals surface area (Å²) in [6.45, 7) is 11.9. The zero-order valence-electron chi connectivity index (χ0n) is 17.5. The van der Waals surface area contributed by atoms with E-state index in [1.165, 1.54) is 83.5 Å². The summed E-state index contributed by atoms with van der Waals surface area (Å²) in [5, 5.41) is 0. The molecule has 0 bridgehead atoms. The van der Waals surface area contributed by atoms with Crippen molar-refractivity contribution in [1.82, 2.24) is 0 Å². The minimum absolute atomic E-state index is 0.346. The summed E-state index contributed by atoms with van der Waals surface area (Å²) >= 11 is 0. The first-order valence-electron chi connectivity index (χ1n) is 10.8. The maximum atomic E-state index is 6.10. The molecular weight excluding hydrogens is 312 g/mol. The van der Waals surface area contributed by atoms with Gasteiger partial charge in [0.2, 0.25) is 0 Å².